The number of allylic oxidation sites excluding steroid dienone is 2. The van der Waals surface area contributed by atoms with E-state index in [1.807, 2.05) is 4.90 Å². The summed E-state index contributed by atoms with van der Waals surface area (Å²) in [4.78, 5) is 26.8. The van der Waals surface area contributed by atoms with E-state index in [2.05, 4.69) is 12.2 Å². The standard InChI is InChI=1S/C13H20N2O3/c16-10-13(18)15-7-5-14(6-8-15)12(17)9-11-3-1-2-4-11/h1,3,11,16H,2,4-10H2. The zero-order valence-electron chi connectivity index (χ0n) is 10.5. The van der Waals surface area contributed by atoms with Crippen molar-refractivity contribution < 1.29 is 14.7 Å². The van der Waals surface area contributed by atoms with Crippen LogP contribution in [0.1, 0.15) is 19.3 Å². The Hall–Kier alpha value is -1.36. The second-order valence-electron chi connectivity index (χ2n) is 4.89. The van der Waals surface area contributed by atoms with E-state index in [9.17, 15) is 9.59 Å². The molecular weight excluding hydrogens is 232 g/mol. The van der Waals surface area contributed by atoms with Crippen molar-refractivity contribution >= 4 is 11.8 Å². The van der Waals surface area contributed by atoms with Gasteiger partial charge in [0.2, 0.25) is 11.8 Å². The first-order valence-electron chi connectivity index (χ1n) is 6.54. The van der Waals surface area contributed by atoms with Crippen LogP contribution in [0.25, 0.3) is 0 Å². The maximum absolute atomic E-state index is 12.0. The van der Waals surface area contributed by atoms with E-state index in [1.165, 1.54) is 0 Å². The summed E-state index contributed by atoms with van der Waals surface area (Å²) in [6.45, 7) is 1.79. The predicted octanol–water partition coefficient (Wildman–Crippen LogP) is 0.00580. The lowest BCUT2D eigenvalue weighted by Gasteiger charge is -2.34. The van der Waals surface area contributed by atoms with Gasteiger partial charge >= 0.3 is 0 Å². The van der Waals surface area contributed by atoms with E-state index in [-0.39, 0.29) is 11.8 Å². The number of hydrogen-bond donors (Lipinski definition) is 1. The molecule has 5 heteroatoms. The first-order chi connectivity index (χ1) is 8.70. The van der Waals surface area contributed by atoms with Crippen LogP contribution in [0, 0.1) is 5.92 Å². The SMILES string of the molecule is O=C(CO)N1CCN(C(=O)CC2C=CCC2)CC1. The minimum Gasteiger partial charge on any atom is -0.387 e. The number of hydrogen-bond acceptors (Lipinski definition) is 3. The van der Waals surface area contributed by atoms with Crippen molar-refractivity contribution in [1.29, 1.82) is 0 Å². The van der Waals surface area contributed by atoms with E-state index in [0.29, 0.717) is 38.5 Å². The molecule has 5 nitrogen and oxygen atoms in total. The number of piperazine rings is 1. The summed E-state index contributed by atoms with van der Waals surface area (Å²) in [5, 5.41) is 8.77. The zero-order valence-corrected chi connectivity index (χ0v) is 10.5. The third-order valence-corrected chi connectivity index (χ3v) is 3.67. The van der Waals surface area contributed by atoms with Crippen LogP contribution in [0.15, 0.2) is 12.2 Å². The molecule has 1 fully saturated rings. The van der Waals surface area contributed by atoms with Crippen molar-refractivity contribution in [2.45, 2.75) is 19.3 Å². The van der Waals surface area contributed by atoms with E-state index in [1.54, 1.807) is 4.90 Å². The number of aliphatic hydroxyl groups is 1. The summed E-state index contributed by atoms with van der Waals surface area (Å²) >= 11 is 0. The molecule has 0 radical (unpaired) electrons. The van der Waals surface area contributed by atoms with Gasteiger partial charge in [-0.25, -0.2) is 0 Å². The number of carbonyl (C=O) groups is 2. The van der Waals surface area contributed by atoms with Crippen LogP contribution in [0.5, 0.6) is 0 Å². The van der Waals surface area contributed by atoms with Crippen molar-refractivity contribution in [3.05, 3.63) is 12.2 Å². The van der Waals surface area contributed by atoms with E-state index < -0.39 is 6.61 Å². The van der Waals surface area contributed by atoms with Crippen LogP contribution in [-0.4, -0.2) is 59.5 Å². The van der Waals surface area contributed by atoms with E-state index >= 15 is 0 Å². The molecular formula is C13H20N2O3. The molecule has 0 aromatic heterocycles. The number of aliphatic hydroxyl groups excluding tert-OH is 1. The molecule has 0 aromatic carbocycles. The topological polar surface area (TPSA) is 60.9 Å². The first-order valence-corrected chi connectivity index (χ1v) is 6.54. The van der Waals surface area contributed by atoms with Gasteiger partial charge in [0.25, 0.3) is 0 Å². The van der Waals surface area contributed by atoms with Crippen LogP contribution >= 0.6 is 0 Å². The van der Waals surface area contributed by atoms with Gasteiger partial charge in [-0.1, -0.05) is 12.2 Å². The molecule has 2 amide bonds. The molecule has 1 aliphatic carbocycles. The lowest BCUT2D eigenvalue weighted by Crippen LogP contribution is -2.51. The highest BCUT2D eigenvalue weighted by Gasteiger charge is 2.25. The molecule has 18 heavy (non-hydrogen) atoms. The average molecular weight is 252 g/mol. The average Bonchev–Trinajstić information content (AvgIpc) is 2.91. The zero-order chi connectivity index (χ0) is 13.0. The Morgan fingerprint density at radius 3 is 2.22 bits per heavy atom. The van der Waals surface area contributed by atoms with Gasteiger partial charge in [0.15, 0.2) is 0 Å². The number of rotatable bonds is 3. The minimum absolute atomic E-state index is 0.183. The molecule has 1 saturated heterocycles. The highest BCUT2D eigenvalue weighted by Crippen LogP contribution is 2.21. The maximum atomic E-state index is 12.0. The fourth-order valence-corrected chi connectivity index (χ4v) is 2.52. The largest absolute Gasteiger partial charge is 0.387 e. The Balaban J connectivity index is 1.76. The van der Waals surface area contributed by atoms with E-state index in [4.69, 9.17) is 5.11 Å². The van der Waals surface area contributed by atoms with Gasteiger partial charge < -0.3 is 14.9 Å². The molecule has 0 aromatic rings. The van der Waals surface area contributed by atoms with Crippen molar-refractivity contribution in [2.24, 2.45) is 5.92 Å². The molecule has 100 valence electrons. The molecule has 1 unspecified atom stereocenters. The van der Waals surface area contributed by atoms with Crippen LogP contribution in [0.2, 0.25) is 0 Å². The number of amides is 2. The summed E-state index contributed by atoms with van der Waals surface area (Å²) in [6, 6.07) is 0. The molecule has 0 spiro atoms. The Labute approximate surface area is 107 Å². The van der Waals surface area contributed by atoms with Crippen molar-refractivity contribution in [2.75, 3.05) is 32.8 Å². The van der Waals surface area contributed by atoms with E-state index in [0.717, 1.165) is 12.8 Å². The smallest absolute Gasteiger partial charge is 0.248 e. The molecule has 1 atom stereocenters. The van der Waals surface area contributed by atoms with Crippen molar-refractivity contribution in [3.63, 3.8) is 0 Å². The van der Waals surface area contributed by atoms with Crippen molar-refractivity contribution in [1.82, 2.24) is 9.80 Å². The fourth-order valence-electron chi connectivity index (χ4n) is 2.52. The molecule has 1 N–H and O–H groups in total. The molecule has 1 aliphatic heterocycles. The fraction of sp³-hybridized carbons (Fsp3) is 0.692. The van der Waals surface area contributed by atoms with Gasteiger partial charge in [-0.3, -0.25) is 9.59 Å². The highest BCUT2D eigenvalue weighted by atomic mass is 16.3. The summed E-state index contributed by atoms with van der Waals surface area (Å²) in [7, 11) is 0. The van der Waals surface area contributed by atoms with Crippen LogP contribution in [0.3, 0.4) is 0 Å². The molecule has 1 heterocycles. The van der Waals surface area contributed by atoms with Gasteiger partial charge in [-0.2, -0.15) is 0 Å². The second kappa shape index (κ2) is 6.00. The molecule has 0 bridgehead atoms. The summed E-state index contributed by atoms with van der Waals surface area (Å²) in [6.07, 6.45) is 7.01. The van der Waals surface area contributed by atoms with Crippen LogP contribution < -0.4 is 0 Å². The van der Waals surface area contributed by atoms with Gasteiger partial charge in [0.05, 0.1) is 0 Å². The Kier molecular flexibility index (Phi) is 4.36. The molecule has 0 saturated carbocycles. The number of carbonyl (C=O) groups excluding carboxylic acids is 2. The quantitative estimate of drug-likeness (QED) is 0.720. The van der Waals surface area contributed by atoms with Gasteiger partial charge in [-0.15, -0.1) is 0 Å². The number of nitrogens with zero attached hydrogens (tertiary/aromatic N) is 2. The summed E-state index contributed by atoms with van der Waals surface area (Å²) < 4.78 is 0. The Morgan fingerprint density at radius 1 is 1.11 bits per heavy atom. The van der Waals surface area contributed by atoms with Crippen molar-refractivity contribution in [3.8, 4) is 0 Å². The Bertz CT molecular complexity index is 346. The highest BCUT2D eigenvalue weighted by molar-refractivity contribution is 5.79. The Morgan fingerprint density at radius 2 is 1.72 bits per heavy atom. The van der Waals surface area contributed by atoms with Gasteiger partial charge in [0.1, 0.15) is 6.61 Å². The normalized spacial score (nSPS) is 23.5. The molecule has 2 rings (SSSR count). The van der Waals surface area contributed by atoms with Gasteiger partial charge in [-0.05, 0) is 18.8 Å². The lowest BCUT2D eigenvalue weighted by atomic mass is 10.0. The summed E-state index contributed by atoms with van der Waals surface area (Å²) in [5.41, 5.74) is 0. The monoisotopic (exact) mass is 252 g/mol. The van der Waals surface area contributed by atoms with Crippen LogP contribution in [0.4, 0.5) is 0 Å². The third-order valence-electron chi connectivity index (χ3n) is 3.67. The summed E-state index contributed by atoms with van der Waals surface area (Å²) in [5.74, 6) is 0.332. The van der Waals surface area contributed by atoms with Crippen LogP contribution in [-0.2, 0) is 9.59 Å². The minimum atomic E-state index is -0.444. The third kappa shape index (κ3) is 3.10. The predicted molar refractivity (Wildman–Crippen MR) is 66.7 cm³/mol. The van der Waals surface area contributed by atoms with Gasteiger partial charge in [0, 0.05) is 32.6 Å². The second-order valence-corrected chi connectivity index (χ2v) is 4.89. The maximum Gasteiger partial charge on any atom is 0.248 e. The molecule has 2 aliphatic rings. The first kappa shape index (κ1) is 13.1. The lowest BCUT2D eigenvalue weighted by molar-refractivity contribution is -0.141.